The van der Waals surface area contributed by atoms with E-state index in [1.54, 1.807) is 36.7 Å². The number of furan rings is 1. The summed E-state index contributed by atoms with van der Waals surface area (Å²) >= 11 is 0. The maximum Gasteiger partial charge on any atom is 0.287 e. The number of hydrogen-bond donors (Lipinski definition) is 1. The van der Waals surface area contributed by atoms with E-state index in [-0.39, 0.29) is 28.1 Å². The van der Waals surface area contributed by atoms with Crippen LogP contribution < -0.4 is 10.1 Å². The fraction of sp³-hybridized carbons (Fsp3) is 0.0952. The van der Waals surface area contributed by atoms with Gasteiger partial charge >= 0.3 is 0 Å². The van der Waals surface area contributed by atoms with Crippen LogP contribution in [0.5, 0.6) is 5.75 Å². The van der Waals surface area contributed by atoms with Crippen LogP contribution in [0.15, 0.2) is 81.5 Å². The van der Waals surface area contributed by atoms with E-state index in [4.69, 9.17) is 9.15 Å². The molecule has 0 bridgehead atoms. The van der Waals surface area contributed by atoms with Crippen molar-refractivity contribution >= 4 is 26.7 Å². The lowest BCUT2D eigenvalue weighted by Crippen LogP contribution is -2.22. The maximum atomic E-state index is 12.7. The molecule has 8 nitrogen and oxygen atoms in total. The third-order valence-corrected chi connectivity index (χ3v) is 6.14. The normalized spacial score (nSPS) is 11.4. The number of hydrogen-bond acceptors (Lipinski definition) is 7. The van der Waals surface area contributed by atoms with Crippen molar-refractivity contribution in [3.8, 4) is 5.75 Å². The minimum absolute atomic E-state index is 0.0660. The van der Waals surface area contributed by atoms with E-state index in [0.29, 0.717) is 11.3 Å². The zero-order valence-electron chi connectivity index (χ0n) is 15.9. The molecule has 1 N–H and O–H groups in total. The number of aromatic nitrogens is 2. The first-order valence-electron chi connectivity index (χ1n) is 8.93. The minimum Gasteiger partial charge on any atom is -0.495 e. The zero-order chi connectivity index (χ0) is 21.1. The Morgan fingerprint density at radius 2 is 1.90 bits per heavy atom. The van der Waals surface area contributed by atoms with Crippen molar-refractivity contribution in [2.45, 2.75) is 16.5 Å². The van der Waals surface area contributed by atoms with Crippen LogP contribution in [0, 0.1) is 0 Å². The summed E-state index contributed by atoms with van der Waals surface area (Å²) in [5, 5.41) is 3.47. The van der Waals surface area contributed by atoms with Gasteiger partial charge in [0.1, 0.15) is 5.75 Å². The predicted molar refractivity (Wildman–Crippen MR) is 108 cm³/mol. The van der Waals surface area contributed by atoms with Crippen molar-refractivity contribution in [3.05, 3.63) is 78.4 Å². The molecule has 0 atom stereocenters. The Morgan fingerprint density at radius 1 is 1.10 bits per heavy atom. The van der Waals surface area contributed by atoms with Gasteiger partial charge in [0.05, 0.1) is 24.4 Å². The van der Waals surface area contributed by atoms with Gasteiger partial charge in [-0.2, -0.15) is 0 Å². The quantitative estimate of drug-likeness (QED) is 0.507. The van der Waals surface area contributed by atoms with E-state index in [1.807, 2.05) is 0 Å². The average Bonchev–Trinajstić information content (AvgIpc) is 3.22. The molecule has 3 aromatic heterocycles. The summed E-state index contributed by atoms with van der Waals surface area (Å²) in [5.74, 6) is 0.286. The first kappa shape index (κ1) is 19.6. The topological polar surface area (TPSA) is 111 Å². The van der Waals surface area contributed by atoms with E-state index in [9.17, 15) is 13.2 Å². The van der Waals surface area contributed by atoms with Crippen molar-refractivity contribution in [3.63, 3.8) is 0 Å². The smallest absolute Gasteiger partial charge is 0.287 e. The highest BCUT2D eigenvalue weighted by Crippen LogP contribution is 2.21. The number of pyridine rings is 2. The molecule has 0 radical (unpaired) electrons. The van der Waals surface area contributed by atoms with Crippen LogP contribution in [0.4, 0.5) is 0 Å². The first-order valence-corrected chi connectivity index (χ1v) is 10.4. The number of benzene rings is 1. The number of fused-ring (bicyclic) bond motifs is 1. The molecule has 0 aliphatic rings. The molecule has 0 unspecified atom stereocenters. The van der Waals surface area contributed by atoms with Crippen LogP contribution in [0.25, 0.3) is 11.0 Å². The number of nitrogens with one attached hydrogen (secondary N) is 1. The number of carbonyl (C=O) groups excluding carboxylic acids is 1. The molecule has 9 heteroatoms. The van der Waals surface area contributed by atoms with Crippen molar-refractivity contribution in [1.29, 1.82) is 0 Å². The van der Waals surface area contributed by atoms with Gasteiger partial charge in [-0.3, -0.25) is 9.78 Å². The Kier molecular flexibility index (Phi) is 5.20. The monoisotopic (exact) mass is 423 g/mol. The van der Waals surface area contributed by atoms with Gasteiger partial charge in [0.2, 0.25) is 9.84 Å². The summed E-state index contributed by atoms with van der Waals surface area (Å²) < 4.78 is 35.9. The highest BCUT2D eigenvalue weighted by molar-refractivity contribution is 7.91. The number of amides is 1. The first-order chi connectivity index (χ1) is 14.5. The molecule has 0 saturated heterocycles. The van der Waals surface area contributed by atoms with Gasteiger partial charge in [0, 0.05) is 18.1 Å². The van der Waals surface area contributed by atoms with E-state index >= 15 is 0 Å². The van der Waals surface area contributed by atoms with Crippen LogP contribution in [0.3, 0.4) is 0 Å². The van der Waals surface area contributed by atoms with Gasteiger partial charge in [0.25, 0.3) is 5.91 Å². The average molecular weight is 423 g/mol. The largest absolute Gasteiger partial charge is 0.495 e. The molecule has 30 heavy (non-hydrogen) atoms. The summed E-state index contributed by atoms with van der Waals surface area (Å²) in [6.07, 6.45) is 4.52. The fourth-order valence-corrected chi connectivity index (χ4v) is 3.99. The molecule has 4 aromatic rings. The Labute approximate surface area is 172 Å². The van der Waals surface area contributed by atoms with Crippen molar-refractivity contribution < 1.29 is 22.4 Å². The molecule has 0 saturated carbocycles. The second kappa shape index (κ2) is 7.96. The minimum atomic E-state index is -3.74. The van der Waals surface area contributed by atoms with Gasteiger partial charge in [-0.25, -0.2) is 13.4 Å². The van der Waals surface area contributed by atoms with Crippen LogP contribution in [0.2, 0.25) is 0 Å². The number of sulfone groups is 1. The summed E-state index contributed by atoms with van der Waals surface area (Å²) in [4.78, 5) is 20.3. The van der Waals surface area contributed by atoms with Crippen molar-refractivity contribution in [2.75, 3.05) is 7.11 Å². The van der Waals surface area contributed by atoms with Crippen LogP contribution in [0.1, 0.15) is 16.1 Å². The lowest BCUT2D eigenvalue weighted by atomic mass is 10.2. The second-order valence-electron chi connectivity index (χ2n) is 6.39. The Hall–Kier alpha value is -3.72. The molecular weight excluding hydrogens is 406 g/mol. The van der Waals surface area contributed by atoms with Gasteiger partial charge in [0.15, 0.2) is 16.4 Å². The number of methoxy groups -OCH3 is 1. The van der Waals surface area contributed by atoms with E-state index in [1.165, 1.54) is 37.6 Å². The van der Waals surface area contributed by atoms with Crippen molar-refractivity contribution in [1.82, 2.24) is 15.3 Å². The zero-order valence-corrected chi connectivity index (χ0v) is 16.7. The SMILES string of the molecule is COc1ccc(S(=O)(=O)c2ccc(CNC(=O)c3cc4ccncc4o3)cc2)nc1. The second-order valence-corrected chi connectivity index (χ2v) is 8.29. The standard InChI is InChI=1S/C21H17N3O5S/c1-28-16-4-7-20(23-12-16)30(26,27)17-5-2-14(3-6-17)11-24-21(25)18-10-15-8-9-22-13-19(15)29-18/h2-10,12-13H,11H2,1H3,(H,24,25). The van der Waals surface area contributed by atoms with E-state index < -0.39 is 9.84 Å². The third kappa shape index (κ3) is 3.87. The molecule has 0 aliphatic carbocycles. The number of nitrogens with zero attached hydrogens (tertiary/aromatic N) is 2. The molecule has 3 heterocycles. The molecule has 0 aliphatic heterocycles. The highest BCUT2D eigenvalue weighted by Gasteiger charge is 2.19. The van der Waals surface area contributed by atoms with E-state index in [2.05, 4.69) is 15.3 Å². The van der Waals surface area contributed by atoms with Gasteiger partial charge in [-0.15, -0.1) is 0 Å². The molecular formula is C21H17N3O5S. The molecule has 1 aromatic carbocycles. The summed E-state index contributed by atoms with van der Waals surface area (Å²) in [6.45, 7) is 0.218. The predicted octanol–water partition coefficient (Wildman–Crippen LogP) is 2.99. The summed E-state index contributed by atoms with van der Waals surface area (Å²) in [7, 11) is -2.26. The van der Waals surface area contributed by atoms with E-state index in [0.717, 1.165) is 10.9 Å². The van der Waals surface area contributed by atoms with Crippen LogP contribution in [-0.2, 0) is 16.4 Å². The Morgan fingerprint density at radius 3 is 2.57 bits per heavy atom. The highest BCUT2D eigenvalue weighted by atomic mass is 32.2. The van der Waals surface area contributed by atoms with Gasteiger partial charge in [-0.1, -0.05) is 12.1 Å². The Bertz CT molecular complexity index is 1260. The Balaban J connectivity index is 1.44. The lowest BCUT2D eigenvalue weighted by molar-refractivity contribution is 0.0925. The number of carbonyl (C=O) groups is 1. The molecule has 0 spiro atoms. The van der Waals surface area contributed by atoms with Gasteiger partial charge < -0.3 is 14.5 Å². The molecule has 4 rings (SSSR count). The molecule has 152 valence electrons. The number of rotatable bonds is 6. The van der Waals surface area contributed by atoms with Gasteiger partial charge in [-0.05, 0) is 42.0 Å². The lowest BCUT2D eigenvalue weighted by Gasteiger charge is -2.07. The molecule has 0 fully saturated rings. The van der Waals surface area contributed by atoms with Crippen LogP contribution in [-0.4, -0.2) is 31.4 Å². The summed E-state index contributed by atoms with van der Waals surface area (Å²) in [6, 6.07) is 12.6. The summed E-state index contributed by atoms with van der Waals surface area (Å²) in [5.41, 5.74) is 1.27. The fourth-order valence-electron chi connectivity index (χ4n) is 2.82. The third-order valence-electron chi connectivity index (χ3n) is 4.45. The molecule has 1 amide bonds. The number of ether oxygens (including phenoxy) is 1. The maximum absolute atomic E-state index is 12.7. The van der Waals surface area contributed by atoms with Crippen molar-refractivity contribution in [2.24, 2.45) is 0 Å². The van der Waals surface area contributed by atoms with Crippen LogP contribution >= 0.6 is 0 Å².